The molecule has 0 rings (SSSR count). The number of nitrogens with one attached hydrogen (secondary N) is 1. The second kappa shape index (κ2) is 39.4. The minimum Gasteiger partial charge on any atom is -0.756 e. The number of phosphoric ester groups is 1. The van der Waals surface area contributed by atoms with Crippen molar-refractivity contribution in [1.29, 1.82) is 0 Å². The highest BCUT2D eigenvalue weighted by Gasteiger charge is 2.23. The van der Waals surface area contributed by atoms with E-state index in [1.807, 2.05) is 27.2 Å². The molecule has 3 unspecified atom stereocenters. The fourth-order valence-electron chi connectivity index (χ4n) is 6.85. The Morgan fingerprint density at radius 3 is 1.39 bits per heavy atom. The monoisotopic (exact) mass is 813 g/mol. The average molecular weight is 813 g/mol. The van der Waals surface area contributed by atoms with E-state index >= 15 is 0 Å². The zero-order chi connectivity index (χ0) is 41.4. The SMILES string of the molecule is CCCCCCCCCC/C=C\CCCCCCCCCCCC(=O)NC(COP(=O)([O-])OCC[N+](C)(C)C)C(O)/C=C/CCCCCCCCCCCCC. The molecular formula is C47H93N2O6P. The van der Waals surface area contributed by atoms with Crippen LogP contribution in [0.15, 0.2) is 24.3 Å². The Morgan fingerprint density at radius 2 is 0.982 bits per heavy atom. The molecule has 3 atom stereocenters. The van der Waals surface area contributed by atoms with E-state index in [0.29, 0.717) is 17.4 Å². The molecule has 0 aliphatic rings. The summed E-state index contributed by atoms with van der Waals surface area (Å²) in [6.07, 6.45) is 46.5. The van der Waals surface area contributed by atoms with Crippen molar-refractivity contribution < 1.29 is 32.9 Å². The van der Waals surface area contributed by atoms with Crippen LogP contribution in [-0.4, -0.2) is 68.5 Å². The van der Waals surface area contributed by atoms with Crippen LogP contribution in [0.5, 0.6) is 0 Å². The summed E-state index contributed by atoms with van der Waals surface area (Å²) in [7, 11) is 1.26. The Morgan fingerprint density at radius 1 is 0.607 bits per heavy atom. The maximum Gasteiger partial charge on any atom is 0.268 e. The molecular weight excluding hydrogens is 719 g/mol. The second-order valence-corrected chi connectivity index (χ2v) is 18.9. The van der Waals surface area contributed by atoms with Crippen LogP contribution < -0.4 is 10.2 Å². The minimum atomic E-state index is -4.58. The average Bonchev–Trinajstić information content (AvgIpc) is 3.15. The van der Waals surface area contributed by atoms with Gasteiger partial charge >= 0.3 is 0 Å². The van der Waals surface area contributed by atoms with Crippen LogP contribution in [0.3, 0.4) is 0 Å². The second-order valence-electron chi connectivity index (χ2n) is 17.5. The summed E-state index contributed by atoms with van der Waals surface area (Å²) in [6, 6.07) is -0.884. The number of carbonyl (C=O) groups excluding carboxylic acids is 1. The van der Waals surface area contributed by atoms with Crippen molar-refractivity contribution in [3.63, 3.8) is 0 Å². The molecule has 0 bridgehead atoms. The first-order chi connectivity index (χ1) is 27.0. The number of unbranched alkanes of at least 4 members (excludes halogenated alkanes) is 28. The van der Waals surface area contributed by atoms with E-state index in [0.717, 1.165) is 38.5 Å². The lowest BCUT2D eigenvalue weighted by Crippen LogP contribution is -2.45. The Kier molecular flexibility index (Phi) is 38.7. The summed E-state index contributed by atoms with van der Waals surface area (Å²) >= 11 is 0. The summed E-state index contributed by atoms with van der Waals surface area (Å²) < 4.78 is 23.2. The summed E-state index contributed by atoms with van der Waals surface area (Å²) in [6.45, 7) is 4.65. The van der Waals surface area contributed by atoms with E-state index in [1.165, 1.54) is 161 Å². The third kappa shape index (κ3) is 41.2. The quantitative estimate of drug-likeness (QED) is 0.0275. The molecule has 9 heteroatoms. The van der Waals surface area contributed by atoms with Gasteiger partial charge in [0.05, 0.1) is 39.9 Å². The standard InChI is InChI=1S/C47H93N2O6P/c1-6-8-10-12-14-16-18-20-21-22-23-24-25-26-27-29-31-33-35-37-39-41-47(51)48-45(44-55-56(52,53)54-43-42-49(3,4)5)46(50)40-38-36-34-32-30-28-19-17-15-13-11-9-7-2/h22-23,38,40,45-46,50H,6-21,24-37,39,41-44H2,1-5H3,(H-,48,51,52,53)/b23-22-,40-38+. The molecule has 0 fully saturated rings. The van der Waals surface area contributed by atoms with E-state index in [1.54, 1.807) is 6.08 Å². The number of rotatable bonds is 43. The highest BCUT2D eigenvalue weighted by atomic mass is 31.2. The van der Waals surface area contributed by atoms with Crippen molar-refractivity contribution in [2.45, 2.75) is 231 Å². The molecule has 0 aromatic carbocycles. The number of quaternary nitrogens is 1. The topological polar surface area (TPSA) is 108 Å². The predicted octanol–water partition coefficient (Wildman–Crippen LogP) is 12.7. The summed E-state index contributed by atoms with van der Waals surface area (Å²) in [4.78, 5) is 25.3. The number of hydrogen-bond donors (Lipinski definition) is 2. The highest BCUT2D eigenvalue weighted by molar-refractivity contribution is 7.45. The van der Waals surface area contributed by atoms with E-state index in [4.69, 9.17) is 9.05 Å². The fraction of sp³-hybridized carbons (Fsp3) is 0.894. The first-order valence-electron chi connectivity index (χ1n) is 23.7. The molecule has 0 saturated carbocycles. The van der Waals surface area contributed by atoms with Gasteiger partial charge in [-0.25, -0.2) is 0 Å². The molecule has 0 aliphatic heterocycles. The van der Waals surface area contributed by atoms with Crippen LogP contribution in [0.25, 0.3) is 0 Å². The lowest BCUT2D eigenvalue weighted by Gasteiger charge is -2.29. The molecule has 0 radical (unpaired) electrons. The lowest BCUT2D eigenvalue weighted by molar-refractivity contribution is -0.870. The van der Waals surface area contributed by atoms with Gasteiger partial charge in [-0.3, -0.25) is 9.36 Å². The maximum atomic E-state index is 12.9. The molecule has 0 aromatic heterocycles. The fourth-order valence-corrected chi connectivity index (χ4v) is 7.58. The smallest absolute Gasteiger partial charge is 0.268 e. The van der Waals surface area contributed by atoms with Gasteiger partial charge in [-0.2, -0.15) is 0 Å². The Hall–Kier alpha value is -1.02. The number of nitrogens with zero attached hydrogens (tertiary/aromatic N) is 1. The highest BCUT2D eigenvalue weighted by Crippen LogP contribution is 2.38. The number of amides is 1. The summed E-state index contributed by atoms with van der Waals surface area (Å²) in [5.74, 6) is -0.199. The molecule has 0 saturated heterocycles. The van der Waals surface area contributed by atoms with Crippen LogP contribution >= 0.6 is 7.82 Å². The molecule has 332 valence electrons. The van der Waals surface area contributed by atoms with Crippen molar-refractivity contribution in [2.24, 2.45) is 0 Å². The number of aliphatic hydroxyl groups is 1. The Bertz CT molecular complexity index is 969. The van der Waals surface area contributed by atoms with Crippen molar-refractivity contribution in [3.8, 4) is 0 Å². The van der Waals surface area contributed by atoms with Gasteiger partial charge in [0, 0.05) is 6.42 Å². The Balaban J connectivity index is 4.31. The number of likely N-dealkylation sites (N-methyl/N-ethyl adjacent to an activating group) is 1. The molecule has 0 heterocycles. The minimum absolute atomic E-state index is 0.000207. The van der Waals surface area contributed by atoms with Crippen molar-refractivity contribution in [1.82, 2.24) is 5.32 Å². The predicted molar refractivity (Wildman–Crippen MR) is 238 cm³/mol. The van der Waals surface area contributed by atoms with Gasteiger partial charge in [-0.15, -0.1) is 0 Å². The third-order valence-electron chi connectivity index (χ3n) is 10.7. The van der Waals surface area contributed by atoms with Crippen LogP contribution in [-0.2, 0) is 18.4 Å². The van der Waals surface area contributed by atoms with Crippen LogP contribution in [0.1, 0.15) is 219 Å². The number of carbonyl (C=O) groups is 1. The molecule has 1 amide bonds. The van der Waals surface area contributed by atoms with Crippen molar-refractivity contribution in [3.05, 3.63) is 24.3 Å². The molecule has 8 nitrogen and oxygen atoms in total. The van der Waals surface area contributed by atoms with Crippen molar-refractivity contribution in [2.75, 3.05) is 40.9 Å². The van der Waals surface area contributed by atoms with E-state index in [-0.39, 0.29) is 19.1 Å². The van der Waals surface area contributed by atoms with Crippen LogP contribution in [0.2, 0.25) is 0 Å². The number of aliphatic hydroxyl groups excluding tert-OH is 1. The van der Waals surface area contributed by atoms with E-state index in [2.05, 4.69) is 31.3 Å². The molecule has 0 aromatic rings. The van der Waals surface area contributed by atoms with Crippen LogP contribution in [0, 0.1) is 0 Å². The van der Waals surface area contributed by atoms with E-state index in [9.17, 15) is 19.4 Å². The molecule has 2 N–H and O–H groups in total. The van der Waals surface area contributed by atoms with Gasteiger partial charge in [0.1, 0.15) is 13.2 Å². The van der Waals surface area contributed by atoms with Crippen molar-refractivity contribution >= 4 is 13.7 Å². The summed E-state index contributed by atoms with van der Waals surface area (Å²) in [5, 5.41) is 13.8. The van der Waals surface area contributed by atoms with Gasteiger partial charge in [-0.1, -0.05) is 192 Å². The van der Waals surface area contributed by atoms with Gasteiger partial charge in [-0.05, 0) is 44.9 Å². The first kappa shape index (κ1) is 55.0. The number of phosphoric acid groups is 1. The molecule has 0 aliphatic carbocycles. The number of hydrogen-bond acceptors (Lipinski definition) is 6. The van der Waals surface area contributed by atoms with E-state index < -0.39 is 20.0 Å². The zero-order valence-electron chi connectivity index (χ0n) is 37.6. The summed E-state index contributed by atoms with van der Waals surface area (Å²) in [5.41, 5.74) is 0. The zero-order valence-corrected chi connectivity index (χ0v) is 38.5. The third-order valence-corrected chi connectivity index (χ3v) is 11.6. The normalized spacial score (nSPS) is 14.5. The Labute approximate surface area is 347 Å². The van der Waals surface area contributed by atoms with Gasteiger partial charge < -0.3 is 28.8 Å². The molecule has 0 spiro atoms. The largest absolute Gasteiger partial charge is 0.756 e. The van der Waals surface area contributed by atoms with Gasteiger partial charge in [0.25, 0.3) is 7.82 Å². The lowest BCUT2D eigenvalue weighted by atomic mass is 10.0. The van der Waals surface area contributed by atoms with Gasteiger partial charge in [0.2, 0.25) is 5.91 Å². The first-order valence-corrected chi connectivity index (χ1v) is 25.2. The van der Waals surface area contributed by atoms with Crippen LogP contribution in [0.4, 0.5) is 0 Å². The maximum absolute atomic E-state index is 12.9. The number of allylic oxidation sites excluding steroid dienone is 3. The van der Waals surface area contributed by atoms with Gasteiger partial charge in [0.15, 0.2) is 0 Å². The molecule has 56 heavy (non-hydrogen) atoms.